The van der Waals surface area contributed by atoms with Gasteiger partial charge in [-0.3, -0.25) is 4.79 Å². The third-order valence-corrected chi connectivity index (χ3v) is 5.77. The molecular weight excluding hydrogens is 414 g/mol. The Morgan fingerprint density at radius 2 is 2.06 bits per heavy atom. The van der Waals surface area contributed by atoms with Crippen molar-refractivity contribution in [2.45, 2.75) is 32.6 Å². The predicted octanol–water partition coefficient (Wildman–Crippen LogP) is 4.49. The first-order valence-electron chi connectivity index (χ1n) is 10.4. The number of hydrogen-bond acceptors (Lipinski definition) is 6. The molecule has 2 aromatic heterocycles. The van der Waals surface area contributed by atoms with Crippen molar-refractivity contribution in [3.63, 3.8) is 0 Å². The molecule has 0 unspecified atom stereocenters. The largest absolute Gasteiger partial charge is 0.436 e. The van der Waals surface area contributed by atoms with E-state index < -0.39 is 0 Å². The number of nitrogens with zero attached hydrogens (tertiary/aromatic N) is 5. The Morgan fingerprint density at radius 1 is 1.26 bits per heavy atom. The third kappa shape index (κ3) is 4.42. The fourth-order valence-corrected chi connectivity index (χ4v) is 4.24. The van der Waals surface area contributed by atoms with E-state index in [9.17, 15) is 4.79 Å². The van der Waals surface area contributed by atoms with Gasteiger partial charge in [-0.2, -0.15) is 0 Å². The van der Waals surface area contributed by atoms with Crippen LogP contribution in [0.5, 0.6) is 0 Å². The van der Waals surface area contributed by atoms with Crippen molar-refractivity contribution in [3.05, 3.63) is 58.5 Å². The zero-order chi connectivity index (χ0) is 22.1. The van der Waals surface area contributed by atoms with Gasteiger partial charge >= 0.3 is 0 Å². The van der Waals surface area contributed by atoms with E-state index in [0.29, 0.717) is 41.4 Å². The Morgan fingerprint density at radius 3 is 2.74 bits per heavy atom. The minimum absolute atomic E-state index is 0.0812. The van der Waals surface area contributed by atoms with Gasteiger partial charge in [-0.1, -0.05) is 23.7 Å². The molecule has 162 valence electrons. The highest BCUT2D eigenvalue weighted by Crippen LogP contribution is 2.35. The molecule has 31 heavy (non-hydrogen) atoms. The minimum Gasteiger partial charge on any atom is -0.436 e. The molecule has 8 heteroatoms. The van der Waals surface area contributed by atoms with Crippen LogP contribution in [-0.2, 0) is 0 Å². The predicted molar refractivity (Wildman–Crippen MR) is 121 cm³/mol. The molecule has 0 saturated carbocycles. The summed E-state index contributed by atoms with van der Waals surface area (Å²) in [6.45, 7) is 4.81. The molecule has 0 N–H and O–H groups in total. The number of carbonyl (C=O) groups is 1. The summed E-state index contributed by atoms with van der Waals surface area (Å²) in [4.78, 5) is 30.5. The molecule has 3 heterocycles. The molecule has 1 atom stereocenters. The Labute approximate surface area is 187 Å². The lowest BCUT2D eigenvalue weighted by atomic mass is 9.89. The van der Waals surface area contributed by atoms with Crippen LogP contribution in [-0.4, -0.2) is 52.9 Å². The van der Waals surface area contributed by atoms with Gasteiger partial charge < -0.3 is 14.2 Å². The molecule has 0 bridgehead atoms. The average molecular weight is 440 g/mol. The van der Waals surface area contributed by atoms with Crippen LogP contribution in [0.2, 0.25) is 5.02 Å². The topological polar surface area (TPSA) is 75.4 Å². The third-order valence-electron chi connectivity index (χ3n) is 5.53. The highest BCUT2D eigenvalue weighted by Gasteiger charge is 2.31. The number of halogens is 1. The van der Waals surface area contributed by atoms with Crippen molar-refractivity contribution in [1.82, 2.24) is 19.9 Å². The van der Waals surface area contributed by atoms with Crippen LogP contribution in [0.3, 0.4) is 0 Å². The van der Waals surface area contributed by atoms with Crippen LogP contribution in [0.25, 0.3) is 11.1 Å². The maximum atomic E-state index is 13.1. The maximum absolute atomic E-state index is 13.1. The summed E-state index contributed by atoms with van der Waals surface area (Å²) in [6.07, 6.45) is 3.68. The molecule has 0 radical (unpaired) electrons. The first kappa shape index (κ1) is 21.3. The zero-order valence-electron chi connectivity index (χ0n) is 18.2. The Kier molecular flexibility index (Phi) is 5.96. The van der Waals surface area contributed by atoms with Crippen molar-refractivity contribution in [1.29, 1.82) is 0 Å². The van der Waals surface area contributed by atoms with E-state index in [1.807, 2.05) is 54.4 Å². The lowest BCUT2D eigenvalue weighted by Gasteiger charge is -2.33. The molecule has 7 nitrogen and oxygen atoms in total. The Balaban J connectivity index is 1.69. The lowest BCUT2D eigenvalue weighted by Crippen LogP contribution is -2.39. The van der Waals surface area contributed by atoms with Gasteiger partial charge in [-0.05, 0) is 37.5 Å². The number of piperidine rings is 1. The van der Waals surface area contributed by atoms with Crippen molar-refractivity contribution in [2.24, 2.45) is 0 Å². The monoisotopic (exact) mass is 439 g/mol. The summed E-state index contributed by atoms with van der Waals surface area (Å²) >= 11 is 6.25. The van der Waals surface area contributed by atoms with E-state index in [2.05, 4.69) is 9.97 Å². The van der Waals surface area contributed by atoms with Crippen molar-refractivity contribution >= 4 is 23.5 Å². The highest BCUT2D eigenvalue weighted by atomic mass is 35.5. The number of benzene rings is 1. The fourth-order valence-electron chi connectivity index (χ4n) is 4.05. The van der Waals surface area contributed by atoms with Crippen LogP contribution < -0.4 is 4.90 Å². The average Bonchev–Trinajstić information content (AvgIpc) is 3.10. The van der Waals surface area contributed by atoms with E-state index in [4.69, 9.17) is 21.0 Å². The molecule has 1 amide bonds. The summed E-state index contributed by atoms with van der Waals surface area (Å²) in [5.41, 5.74) is 3.47. The number of anilines is 1. The second-order valence-corrected chi connectivity index (χ2v) is 8.55. The van der Waals surface area contributed by atoms with Crippen LogP contribution in [0.15, 0.2) is 34.9 Å². The molecule has 3 aromatic rings. The number of likely N-dealkylation sites (tertiary alicyclic amines) is 1. The number of aryl methyl sites for hydroxylation is 2. The van der Waals surface area contributed by atoms with Crippen molar-refractivity contribution < 1.29 is 9.21 Å². The summed E-state index contributed by atoms with van der Waals surface area (Å²) in [7, 11) is 3.84. The summed E-state index contributed by atoms with van der Waals surface area (Å²) in [5.74, 6) is 1.44. The molecule has 1 aromatic carbocycles. The second kappa shape index (κ2) is 8.67. The van der Waals surface area contributed by atoms with Gasteiger partial charge in [0.15, 0.2) is 5.89 Å². The van der Waals surface area contributed by atoms with Gasteiger partial charge in [0.2, 0.25) is 11.7 Å². The van der Waals surface area contributed by atoms with E-state index in [1.54, 1.807) is 13.8 Å². The Hall–Kier alpha value is -2.93. The zero-order valence-corrected chi connectivity index (χ0v) is 19.0. The summed E-state index contributed by atoms with van der Waals surface area (Å²) in [6, 6.07) is 7.71. The standard InChI is InChI=1S/C23H26ClN5O2/c1-14-21(31-15(2)26-14)22(30)29-10-6-8-17(13-29)20-19(12-25-23(27-20)28(3)4)16-7-5-9-18(24)11-16/h5,7,9,11-12,17H,6,8,10,13H2,1-4H3/t17-/m1/s1. The number of amides is 1. The van der Waals surface area contributed by atoms with E-state index >= 15 is 0 Å². The Bertz CT molecular complexity index is 1110. The second-order valence-electron chi connectivity index (χ2n) is 8.11. The molecular formula is C23H26ClN5O2. The van der Waals surface area contributed by atoms with Gasteiger partial charge in [0.25, 0.3) is 5.91 Å². The molecule has 0 spiro atoms. The first-order valence-corrected chi connectivity index (χ1v) is 10.7. The molecule has 1 saturated heterocycles. The SMILES string of the molecule is Cc1nc(C)c(C(=O)N2CCC[C@@H](c3nc(N(C)C)ncc3-c3cccc(Cl)c3)C2)o1. The van der Waals surface area contributed by atoms with Crippen LogP contribution >= 0.6 is 11.6 Å². The number of rotatable bonds is 4. The van der Waals surface area contributed by atoms with E-state index in [1.165, 1.54) is 0 Å². The van der Waals surface area contributed by atoms with Crippen LogP contribution in [0, 0.1) is 13.8 Å². The van der Waals surface area contributed by atoms with Gasteiger partial charge in [0, 0.05) is 56.8 Å². The summed E-state index contributed by atoms with van der Waals surface area (Å²) in [5, 5.41) is 0.664. The minimum atomic E-state index is -0.117. The number of carbonyl (C=O) groups excluding carboxylic acids is 1. The number of aromatic nitrogens is 3. The fraction of sp³-hybridized carbons (Fsp3) is 0.391. The summed E-state index contributed by atoms with van der Waals surface area (Å²) < 4.78 is 5.58. The van der Waals surface area contributed by atoms with Gasteiger partial charge in [-0.15, -0.1) is 0 Å². The first-order chi connectivity index (χ1) is 14.8. The molecule has 1 fully saturated rings. The lowest BCUT2D eigenvalue weighted by molar-refractivity contribution is 0.0671. The maximum Gasteiger partial charge on any atom is 0.291 e. The smallest absolute Gasteiger partial charge is 0.291 e. The molecule has 0 aliphatic carbocycles. The van der Waals surface area contributed by atoms with Gasteiger partial charge in [0.05, 0.1) is 11.4 Å². The highest BCUT2D eigenvalue weighted by molar-refractivity contribution is 6.30. The van der Waals surface area contributed by atoms with Crippen molar-refractivity contribution in [2.75, 3.05) is 32.1 Å². The quantitative estimate of drug-likeness (QED) is 0.596. The van der Waals surface area contributed by atoms with Crippen LogP contribution in [0.1, 0.15) is 46.6 Å². The molecule has 1 aliphatic rings. The number of oxazole rings is 1. The van der Waals surface area contributed by atoms with E-state index in [0.717, 1.165) is 29.7 Å². The van der Waals surface area contributed by atoms with Crippen molar-refractivity contribution in [3.8, 4) is 11.1 Å². The van der Waals surface area contributed by atoms with Gasteiger partial charge in [-0.25, -0.2) is 15.0 Å². The molecule has 4 rings (SSSR count). The molecule has 1 aliphatic heterocycles. The van der Waals surface area contributed by atoms with E-state index in [-0.39, 0.29) is 11.8 Å². The van der Waals surface area contributed by atoms with Gasteiger partial charge in [0.1, 0.15) is 0 Å². The number of hydrogen-bond donors (Lipinski definition) is 0. The normalized spacial score (nSPS) is 16.4. The van der Waals surface area contributed by atoms with Crippen LogP contribution in [0.4, 0.5) is 5.95 Å².